The van der Waals surface area contributed by atoms with Gasteiger partial charge in [0.05, 0.1) is 11.9 Å². The minimum Gasteiger partial charge on any atom is -0.292 e. The van der Waals surface area contributed by atoms with Crippen molar-refractivity contribution in [2.24, 2.45) is 11.8 Å². The Morgan fingerprint density at radius 2 is 1.85 bits per heavy atom. The van der Waals surface area contributed by atoms with Crippen molar-refractivity contribution in [3.05, 3.63) is 42.2 Å². The van der Waals surface area contributed by atoms with Crippen molar-refractivity contribution in [1.29, 1.82) is 0 Å². The number of benzene rings is 1. The van der Waals surface area contributed by atoms with Crippen LogP contribution in [0.25, 0.3) is 5.69 Å². The molecule has 0 spiro atoms. The van der Waals surface area contributed by atoms with Gasteiger partial charge < -0.3 is 0 Å². The molecule has 0 amide bonds. The number of carbonyl (C=O) groups is 1. The van der Waals surface area contributed by atoms with E-state index in [2.05, 4.69) is 17.2 Å². The topological polar surface area (TPSA) is 47.8 Å². The third-order valence-corrected chi connectivity index (χ3v) is 4.19. The summed E-state index contributed by atoms with van der Waals surface area (Å²) in [6.45, 7) is 2.26. The van der Waals surface area contributed by atoms with Gasteiger partial charge in [-0.25, -0.2) is 4.68 Å². The molecule has 0 aliphatic heterocycles. The van der Waals surface area contributed by atoms with Gasteiger partial charge in [0.15, 0.2) is 5.78 Å². The molecule has 1 aromatic heterocycles. The smallest absolute Gasteiger partial charge is 0.186 e. The van der Waals surface area contributed by atoms with Gasteiger partial charge >= 0.3 is 0 Å². The van der Waals surface area contributed by atoms with Crippen molar-refractivity contribution in [3.8, 4) is 5.69 Å². The molecule has 0 N–H and O–H groups in total. The van der Waals surface area contributed by atoms with E-state index >= 15 is 0 Å². The highest BCUT2D eigenvalue weighted by atomic mass is 16.1. The average molecular weight is 269 g/mol. The summed E-state index contributed by atoms with van der Waals surface area (Å²) < 4.78 is 1.65. The molecule has 1 heterocycles. The lowest BCUT2D eigenvalue weighted by Gasteiger charge is -2.24. The molecular weight excluding hydrogens is 250 g/mol. The fraction of sp³-hybridized carbons (Fsp3) is 0.438. The van der Waals surface area contributed by atoms with Crippen molar-refractivity contribution in [1.82, 2.24) is 15.0 Å². The number of rotatable bonds is 3. The van der Waals surface area contributed by atoms with E-state index in [0.717, 1.165) is 37.3 Å². The Balaban J connectivity index is 1.85. The summed E-state index contributed by atoms with van der Waals surface area (Å²) in [5, 5.41) is 7.98. The van der Waals surface area contributed by atoms with Gasteiger partial charge in [-0.1, -0.05) is 43.2 Å². The van der Waals surface area contributed by atoms with Crippen LogP contribution >= 0.6 is 0 Å². The predicted octanol–water partition coefficient (Wildman–Crippen LogP) is 3.28. The van der Waals surface area contributed by atoms with Crippen molar-refractivity contribution in [2.45, 2.75) is 32.6 Å². The van der Waals surface area contributed by atoms with Gasteiger partial charge in [-0.2, -0.15) is 0 Å². The minimum absolute atomic E-state index is 0.132. The normalized spacial score (nSPS) is 22.6. The van der Waals surface area contributed by atoms with E-state index < -0.39 is 0 Å². The van der Waals surface area contributed by atoms with Crippen LogP contribution in [0.3, 0.4) is 0 Å². The van der Waals surface area contributed by atoms with Gasteiger partial charge in [-0.3, -0.25) is 4.79 Å². The van der Waals surface area contributed by atoms with Crippen LogP contribution in [0.15, 0.2) is 36.5 Å². The monoisotopic (exact) mass is 269 g/mol. The predicted molar refractivity (Wildman–Crippen MR) is 76.8 cm³/mol. The maximum Gasteiger partial charge on any atom is 0.186 e. The first-order chi connectivity index (χ1) is 9.75. The van der Waals surface area contributed by atoms with E-state index in [1.807, 2.05) is 30.3 Å². The van der Waals surface area contributed by atoms with Gasteiger partial charge in [0, 0.05) is 5.92 Å². The van der Waals surface area contributed by atoms with Crippen LogP contribution in [0.1, 0.15) is 43.1 Å². The highest BCUT2D eigenvalue weighted by molar-refractivity contribution is 5.96. The first kappa shape index (κ1) is 13.0. The molecule has 3 rings (SSSR count). The zero-order valence-corrected chi connectivity index (χ0v) is 11.7. The van der Waals surface area contributed by atoms with Crippen LogP contribution < -0.4 is 0 Å². The molecule has 0 radical (unpaired) electrons. The Morgan fingerprint density at radius 3 is 2.55 bits per heavy atom. The largest absolute Gasteiger partial charge is 0.292 e. The van der Waals surface area contributed by atoms with E-state index in [1.54, 1.807) is 10.9 Å². The number of para-hydroxylation sites is 1. The van der Waals surface area contributed by atoms with Crippen LogP contribution in [0, 0.1) is 11.8 Å². The third kappa shape index (κ3) is 2.50. The molecule has 1 aliphatic rings. The van der Waals surface area contributed by atoms with Gasteiger partial charge in [0.25, 0.3) is 0 Å². The average Bonchev–Trinajstić information content (AvgIpc) is 2.97. The molecule has 1 aliphatic carbocycles. The quantitative estimate of drug-likeness (QED) is 0.803. The molecule has 1 aromatic carbocycles. The maximum atomic E-state index is 12.7. The molecule has 0 saturated heterocycles. The van der Waals surface area contributed by atoms with Crippen molar-refractivity contribution in [3.63, 3.8) is 0 Å². The fourth-order valence-corrected chi connectivity index (χ4v) is 2.89. The van der Waals surface area contributed by atoms with Gasteiger partial charge in [-0.05, 0) is 30.9 Å². The molecule has 0 bridgehead atoms. The van der Waals surface area contributed by atoms with E-state index in [-0.39, 0.29) is 11.7 Å². The van der Waals surface area contributed by atoms with E-state index in [9.17, 15) is 4.79 Å². The molecule has 4 nitrogen and oxygen atoms in total. The maximum absolute atomic E-state index is 12.7. The van der Waals surface area contributed by atoms with E-state index in [4.69, 9.17) is 0 Å². The Morgan fingerprint density at radius 1 is 1.15 bits per heavy atom. The Kier molecular flexibility index (Phi) is 3.63. The highest BCUT2D eigenvalue weighted by Gasteiger charge is 2.27. The molecule has 2 aromatic rings. The van der Waals surface area contributed by atoms with Crippen LogP contribution in [-0.4, -0.2) is 20.8 Å². The summed E-state index contributed by atoms with van der Waals surface area (Å²) in [4.78, 5) is 12.7. The molecule has 104 valence electrons. The number of aromatic nitrogens is 3. The number of hydrogen-bond acceptors (Lipinski definition) is 3. The summed E-state index contributed by atoms with van der Waals surface area (Å²) in [6.07, 6.45) is 5.85. The first-order valence-corrected chi connectivity index (χ1v) is 7.26. The molecule has 1 saturated carbocycles. The Bertz CT molecular complexity index is 583. The summed E-state index contributed by atoms with van der Waals surface area (Å²) >= 11 is 0. The lowest BCUT2D eigenvalue weighted by molar-refractivity contribution is 0.0867. The molecule has 1 fully saturated rings. The first-order valence-electron chi connectivity index (χ1n) is 7.26. The van der Waals surface area contributed by atoms with Crippen LogP contribution in [0.2, 0.25) is 0 Å². The second-order valence-electron chi connectivity index (χ2n) is 5.69. The van der Waals surface area contributed by atoms with Crippen LogP contribution in [-0.2, 0) is 0 Å². The minimum atomic E-state index is 0.132. The summed E-state index contributed by atoms with van der Waals surface area (Å²) in [6, 6.07) is 9.70. The van der Waals surface area contributed by atoms with E-state index in [0.29, 0.717) is 5.69 Å². The Labute approximate surface area is 118 Å². The highest BCUT2D eigenvalue weighted by Crippen LogP contribution is 2.30. The van der Waals surface area contributed by atoms with Gasteiger partial charge in [-0.15, -0.1) is 5.10 Å². The summed E-state index contributed by atoms with van der Waals surface area (Å²) in [5.41, 5.74) is 1.49. The van der Waals surface area contributed by atoms with Gasteiger partial charge in [0.2, 0.25) is 0 Å². The zero-order valence-electron chi connectivity index (χ0n) is 11.7. The number of ketones is 1. The second-order valence-corrected chi connectivity index (χ2v) is 5.69. The number of nitrogens with zero attached hydrogens (tertiary/aromatic N) is 3. The number of carbonyl (C=O) groups excluding carboxylic acids is 1. The summed E-state index contributed by atoms with van der Waals surface area (Å²) in [5.74, 6) is 1.06. The zero-order chi connectivity index (χ0) is 13.9. The number of hydrogen-bond donors (Lipinski definition) is 0. The SMILES string of the molecule is CC1CCC(C(=O)c2cnnn2-c2ccccc2)CC1. The molecule has 20 heavy (non-hydrogen) atoms. The van der Waals surface area contributed by atoms with Gasteiger partial charge in [0.1, 0.15) is 5.69 Å². The van der Waals surface area contributed by atoms with Crippen LogP contribution in [0.5, 0.6) is 0 Å². The second kappa shape index (κ2) is 5.57. The lowest BCUT2D eigenvalue weighted by atomic mass is 9.80. The van der Waals surface area contributed by atoms with Crippen molar-refractivity contribution in [2.75, 3.05) is 0 Å². The molecule has 0 unspecified atom stereocenters. The molecule has 4 heteroatoms. The standard InChI is InChI=1S/C16H19N3O/c1-12-7-9-13(10-8-12)16(20)15-11-17-18-19(15)14-5-3-2-4-6-14/h2-6,11-13H,7-10H2,1H3. The fourth-order valence-electron chi connectivity index (χ4n) is 2.89. The molecular formula is C16H19N3O. The van der Waals surface area contributed by atoms with Crippen molar-refractivity contribution >= 4 is 5.78 Å². The Hall–Kier alpha value is -1.97. The molecule has 0 atom stereocenters. The summed E-state index contributed by atoms with van der Waals surface area (Å²) in [7, 11) is 0. The lowest BCUT2D eigenvalue weighted by Crippen LogP contribution is -2.23. The third-order valence-electron chi connectivity index (χ3n) is 4.19. The van der Waals surface area contributed by atoms with Crippen molar-refractivity contribution < 1.29 is 4.79 Å². The van der Waals surface area contributed by atoms with Crippen LogP contribution in [0.4, 0.5) is 0 Å². The van der Waals surface area contributed by atoms with E-state index in [1.165, 1.54) is 0 Å². The number of Topliss-reactive ketones (excluding diaryl/α,β-unsaturated/α-hetero) is 1.